The summed E-state index contributed by atoms with van der Waals surface area (Å²) in [5, 5.41) is 3.78. The summed E-state index contributed by atoms with van der Waals surface area (Å²) < 4.78 is 36.8. The van der Waals surface area contributed by atoms with Crippen LogP contribution >= 0.6 is 0 Å². The van der Waals surface area contributed by atoms with Crippen LogP contribution in [0.25, 0.3) is 5.70 Å². The van der Waals surface area contributed by atoms with E-state index in [1.807, 2.05) is 13.0 Å². The van der Waals surface area contributed by atoms with E-state index in [9.17, 15) is 13.6 Å². The van der Waals surface area contributed by atoms with E-state index in [-0.39, 0.29) is 18.3 Å². The number of hydrogen-bond acceptors (Lipinski definition) is 7. The largest absolute Gasteiger partial charge is 0.489 e. The summed E-state index contributed by atoms with van der Waals surface area (Å²) >= 11 is 0. The second-order valence-electron chi connectivity index (χ2n) is 8.27. The molecule has 0 saturated heterocycles. The molecule has 8 nitrogen and oxygen atoms in total. The number of hydrazine groups is 1. The van der Waals surface area contributed by atoms with E-state index in [1.165, 1.54) is 24.3 Å². The van der Waals surface area contributed by atoms with Crippen molar-refractivity contribution in [2.45, 2.75) is 70.0 Å². The Morgan fingerprint density at radius 2 is 1.94 bits per heavy atom. The van der Waals surface area contributed by atoms with E-state index < -0.39 is 31.0 Å². The minimum Gasteiger partial charge on any atom is -0.489 e. The Bertz CT molecular complexity index is 817. The van der Waals surface area contributed by atoms with Gasteiger partial charge in [-0.3, -0.25) is 0 Å². The van der Waals surface area contributed by atoms with E-state index in [0.717, 1.165) is 18.6 Å². The molecule has 10 heteroatoms. The number of aryl methyl sites for hydroxylation is 1. The summed E-state index contributed by atoms with van der Waals surface area (Å²) in [6.45, 7) is 1.81. The Morgan fingerprint density at radius 3 is 2.52 bits per heavy atom. The van der Waals surface area contributed by atoms with Gasteiger partial charge >= 0.3 is 6.09 Å². The number of carbonyl (C=O) groups excluding carboxylic acids is 1. The zero-order valence-electron chi connectivity index (χ0n) is 18.0. The lowest BCUT2D eigenvalue weighted by atomic mass is 9.91. The van der Waals surface area contributed by atoms with Crippen LogP contribution in [0.1, 0.15) is 56.3 Å². The number of pyridine rings is 1. The Kier molecular flexibility index (Phi) is 7.19. The molecular formula is C21H31F2N5O3. The Balaban J connectivity index is 1.63. The monoisotopic (exact) mass is 439 g/mol. The number of ether oxygens (including phenoxy) is 2. The number of rotatable bonds is 7. The van der Waals surface area contributed by atoms with Crippen LogP contribution in [-0.2, 0) is 4.74 Å². The fraction of sp³-hybridized carbons (Fsp3) is 0.619. The number of likely N-dealkylation sites (N-methyl/N-ethyl adjacent to an activating group) is 1. The molecule has 0 radical (unpaired) electrons. The van der Waals surface area contributed by atoms with Gasteiger partial charge in [0.25, 0.3) is 5.92 Å². The number of nitrogens with two attached hydrogens (primary N) is 2. The third-order valence-electron chi connectivity index (χ3n) is 5.62. The summed E-state index contributed by atoms with van der Waals surface area (Å²) in [7, 11) is 1.58. The van der Waals surface area contributed by atoms with Crippen molar-refractivity contribution in [2.75, 3.05) is 13.6 Å². The van der Waals surface area contributed by atoms with Crippen molar-refractivity contribution >= 4 is 11.8 Å². The zero-order valence-corrected chi connectivity index (χ0v) is 18.0. The highest BCUT2D eigenvalue weighted by Crippen LogP contribution is 2.39. The molecule has 1 heterocycles. The second-order valence-corrected chi connectivity index (χ2v) is 8.27. The number of halogens is 2. The number of amides is 1. The summed E-state index contributed by atoms with van der Waals surface area (Å²) in [6.07, 6.45) is 3.42. The first-order chi connectivity index (χ1) is 14.6. The molecule has 172 valence electrons. The molecule has 3 rings (SSSR count). The highest BCUT2D eigenvalue weighted by atomic mass is 19.3. The number of alkyl halides is 2. The molecule has 0 bridgehead atoms. The summed E-state index contributed by atoms with van der Waals surface area (Å²) in [6, 6.07) is 3.59. The lowest BCUT2D eigenvalue weighted by molar-refractivity contribution is -0.144. The quantitative estimate of drug-likeness (QED) is 0.442. The molecule has 2 aliphatic rings. The molecule has 2 aliphatic carbocycles. The molecule has 1 aromatic heterocycles. The molecule has 5 N–H and O–H groups in total. The van der Waals surface area contributed by atoms with Crippen molar-refractivity contribution < 1.29 is 23.0 Å². The molecule has 0 atom stereocenters. The maximum atomic E-state index is 12.9. The van der Waals surface area contributed by atoms with Gasteiger partial charge in [0.15, 0.2) is 0 Å². The van der Waals surface area contributed by atoms with Crippen LogP contribution < -0.4 is 21.6 Å². The SMILES string of the molecule is Cc1nc(/C(N)=C(\CNC(=O)OC2CC(F)(F)C2)N(C)N)ccc1OC1CCCCC1. The van der Waals surface area contributed by atoms with Gasteiger partial charge in [0.1, 0.15) is 11.9 Å². The topological polar surface area (TPSA) is 116 Å². The fourth-order valence-electron chi connectivity index (χ4n) is 3.78. The molecule has 1 amide bonds. The first-order valence-corrected chi connectivity index (χ1v) is 10.6. The maximum Gasteiger partial charge on any atom is 0.407 e. The second kappa shape index (κ2) is 9.67. The van der Waals surface area contributed by atoms with Crippen molar-refractivity contribution in [2.24, 2.45) is 11.6 Å². The summed E-state index contributed by atoms with van der Waals surface area (Å²) in [4.78, 5) is 16.4. The molecule has 0 spiro atoms. The first kappa shape index (κ1) is 23.1. The molecule has 0 aliphatic heterocycles. The zero-order chi connectivity index (χ0) is 22.6. The molecule has 0 unspecified atom stereocenters. The van der Waals surface area contributed by atoms with E-state index in [4.69, 9.17) is 21.1 Å². The number of nitrogens with one attached hydrogen (secondary N) is 1. The predicted octanol–water partition coefficient (Wildman–Crippen LogP) is 3.06. The minimum absolute atomic E-state index is 0.0398. The average molecular weight is 440 g/mol. The standard InChI is InChI=1S/C21H31F2N5O3/c1-13-18(30-14-6-4-3-5-7-14)9-8-16(27-13)19(24)17(28(2)25)12-26-20(29)31-15-10-21(22,23)11-15/h8-9,14-15H,3-7,10-12,24-25H2,1-2H3,(H,26,29)/b19-17-. The highest BCUT2D eigenvalue weighted by Gasteiger charge is 2.47. The van der Waals surface area contributed by atoms with Crippen molar-refractivity contribution in [3.8, 4) is 5.75 Å². The lowest BCUT2D eigenvalue weighted by Gasteiger charge is -2.34. The van der Waals surface area contributed by atoms with Gasteiger partial charge in [-0.25, -0.2) is 24.4 Å². The van der Waals surface area contributed by atoms with Crippen LogP contribution in [0.2, 0.25) is 0 Å². The molecule has 2 fully saturated rings. The van der Waals surface area contributed by atoms with Gasteiger partial charge in [0.05, 0.1) is 35.4 Å². The van der Waals surface area contributed by atoms with Crippen LogP contribution in [0.15, 0.2) is 17.8 Å². The van der Waals surface area contributed by atoms with Gasteiger partial charge in [0.2, 0.25) is 0 Å². The van der Waals surface area contributed by atoms with Crippen LogP contribution in [0.4, 0.5) is 13.6 Å². The van der Waals surface area contributed by atoms with Crippen molar-refractivity contribution in [3.05, 3.63) is 29.2 Å². The number of hydrogen-bond donors (Lipinski definition) is 3. The average Bonchev–Trinajstić information content (AvgIpc) is 2.68. The number of aromatic nitrogens is 1. The smallest absolute Gasteiger partial charge is 0.407 e. The Labute approximate surface area is 180 Å². The van der Waals surface area contributed by atoms with Crippen LogP contribution in [-0.4, -0.2) is 47.8 Å². The maximum absolute atomic E-state index is 12.9. The number of carbonyl (C=O) groups is 1. The van der Waals surface area contributed by atoms with E-state index in [2.05, 4.69) is 10.3 Å². The molecule has 2 saturated carbocycles. The van der Waals surface area contributed by atoms with Crippen molar-refractivity contribution in [1.29, 1.82) is 0 Å². The van der Waals surface area contributed by atoms with Gasteiger partial charge in [0, 0.05) is 19.9 Å². The van der Waals surface area contributed by atoms with Gasteiger partial charge in [-0.05, 0) is 44.7 Å². The fourth-order valence-corrected chi connectivity index (χ4v) is 3.78. The Morgan fingerprint density at radius 1 is 1.26 bits per heavy atom. The predicted molar refractivity (Wildman–Crippen MR) is 112 cm³/mol. The van der Waals surface area contributed by atoms with E-state index in [1.54, 1.807) is 13.1 Å². The van der Waals surface area contributed by atoms with Crippen LogP contribution in [0, 0.1) is 6.92 Å². The third-order valence-corrected chi connectivity index (χ3v) is 5.62. The Hall–Kier alpha value is -2.62. The molecule has 1 aromatic rings. The van der Waals surface area contributed by atoms with Crippen molar-refractivity contribution in [3.63, 3.8) is 0 Å². The number of alkyl carbamates (subject to hydrolysis) is 1. The van der Waals surface area contributed by atoms with Crippen molar-refractivity contribution in [1.82, 2.24) is 15.3 Å². The minimum atomic E-state index is -2.76. The van der Waals surface area contributed by atoms with E-state index >= 15 is 0 Å². The van der Waals surface area contributed by atoms with Crippen LogP contribution in [0.3, 0.4) is 0 Å². The third kappa shape index (κ3) is 6.19. The molecular weight excluding hydrogens is 408 g/mol. The van der Waals surface area contributed by atoms with Gasteiger partial charge < -0.3 is 25.5 Å². The van der Waals surface area contributed by atoms with Gasteiger partial charge in [-0.2, -0.15) is 0 Å². The lowest BCUT2D eigenvalue weighted by Crippen LogP contribution is -2.45. The summed E-state index contributed by atoms with van der Waals surface area (Å²) in [5.41, 5.74) is 8.16. The highest BCUT2D eigenvalue weighted by molar-refractivity contribution is 5.69. The summed E-state index contributed by atoms with van der Waals surface area (Å²) in [5.74, 6) is 3.85. The normalized spacial score (nSPS) is 19.8. The van der Waals surface area contributed by atoms with Gasteiger partial charge in [-0.1, -0.05) is 6.42 Å². The first-order valence-electron chi connectivity index (χ1n) is 10.6. The van der Waals surface area contributed by atoms with Crippen LogP contribution in [0.5, 0.6) is 5.75 Å². The molecule has 31 heavy (non-hydrogen) atoms. The number of nitrogens with zero attached hydrogens (tertiary/aromatic N) is 2. The van der Waals surface area contributed by atoms with E-state index in [0.29, 0.717) is 17.1 Å². The van der Waals surface area contributed by atoms with Gasteiger partial charge in [-0.15, -0.1) is 0 Å². The molecule has 0 aromatic carbocycles.